The van der Waals surface area contributed by atoms with E-state index in [2.05, 4.69) is 21.2 Å². The lowest BCUT2D eigenvalue weighted by atomic mass is 10.1. The summed E-state index contributed by atoms with van der Waals surface area (Å²) in [7, 11) is 0. The van der Waals surface area contributed by atoms with E-state index < -0.39 is 11.8 Å². The summed E-state index contributed by atoms with van der Waals surface area (Å²) >= 11 is 12.5. The van der Waals surface area contributed by atoms with Gasteiger partial charge in [-0.1, -0.05) is 69.9 Å². The lowest BCUT2D eigenvalue weighted by molar-refractivity contribution is 0.0845. The molecule has 8 nitrogen and oxygen atoms in total. The van der Waals surface area contributed by atoms with E-state index in [1.54, 1.807) is 62.4 Å². The zero-order valence-electron chi connectivity index (χ0n) is 16.9. The van der Waals surface area contributed by atoms with Crippen LogP contribution in [-0.4, -0.2) is 22.1 Å². The number of amides is 2. The third-order valence-corrected chi connectivity index (χ3v) is 5.39. The monoisotopic (exact) mass is 470 g/mol. The molecular weight excluding hydrogens is 455 g/mol. The molecule has 0 spiro atoms. The van der Waals surface area contributed by atoms with E-state index in [0.717, 1.165) is 0 Å². The summed E-state index contributed by atoms with van der Waals surface area (Å²) in [5.74, 6) is -0.713. The van der Waals surface area contributed by atoms with Gasteiger partial charge in [0, 0.05) is 11.1 Å². The molecule has 32 heavy (non-hydrogen) atoms. The van der Waals surface area contributed by atoms with Crippen molar-refractivity contribution in [2.45, 2.75) is 13.8 Å². The van der Waals surface area contributed by atoms with Crippen molar-refractivity contribution in [1.82, 2.24) is 21.2 Å². The normalized spacial score (nSPS) is 10.8. The molecule has 4 aromatic rings. The van der Waals surface area contributed by atoms with Crippen LogP contribution >= 0.6 is 23.2 Å². The summed E-state index contributed by atoms with van der Waals surface area (Å²) in [6.45, 7) is 3.17. The van der Waals surface area contributed by atoms with Crippen LogP contribution < -0.4 is 10.9 Å². The van der Waals surface area contributed by atoms with Crippen LogP contribution in [0.4, 0.5) is 0 Å². The predicted molar refractivity (Wildman–Crippen MR) is 118 cm³/mol. The number of hydrogen-bond donors (Lipinski definition) is 2. The van der Waals surface area contributed by atoms with Crippen LogP contribution in [0.15, 0.2) is 57.6 Å². The van der Waals surface area contributed by atoms with Gasteiger partial charge in [0.2, 0.25) is 0 Å². The molecule has 2 N–H and O–H groups in total. The molecule has 2 aromatic heterocycles. The van der Waals surface area contributed by atoms with Crippen LogP contribution in [0.3, 0.4) is 0 Å². The Bertz CT molecular complexity index is 1230. The summed E-state index contributed by atoms with van der Waals surface area (Å²) in [5, 5.41) is 8.71. The Morgan fingerprint density at radius 3 is 1.47 bits per heavy atom. The van der Waals surface area contributed by atoms with Gasteiger partial charge in [-0.2, -0.15) is 0 Å². The lowest BCUT2D eigenvalue weighted by Crippen LogP contribution is -2.42. The molecule has 0 atom stereocenters. The van der Waals surface area contributed by atoms with Crippen molar-refractivity contribution >= 4 is 35.0 Å². The van der Waals surface area contributed by atoms with Crippen molar-refractivity contribution in [1.29, 1.82) is 0 Å². The van der Waals surface area contributed by atoms with Crippen molar-refractivity contribution in [3.63, 3.8) is 0 Å². The molecule has 0 saturated carbocycles. The Morgan fingerprint density at radius 1 is 0.719 bits per heavy atom. The Labute approximate surface area is 192 Å². The van der Waals surface area contributed by atoms with Gasteiger partial charge >= 0.3 is 0 Å². The first kappa shape index (κ1) is 21.6. The number of nitrogens with zero attached hydrogens (tertiary/aromatic N) is 2. The molecule has 0 bridgehead atoms. The highest BCUT2D eigenvalue weighted by atomic mass is 35.5. The number of aromatic nitrogens is 2. The van der Waals surface area contributed by atoms with Crippen molar-refractivity contribution in [2.75, 3.05) is 0 Å². The molecule has 0 unspecified atom stereocenters. The maximum atomic E-state index is 12.9. The van der Waals surface area contributed by atoms with Crippen LogP contribution in [0, 0.1) is 13.8 Å². The average Bonchev–Trinajstić information content (AvgIpc) is 3.35. The Morgan fingerprint density at radius 2 is 1.09 bits per heavy atom. The molecule has 4 rings (SSSR count). The van der Waals surface area contributed by atoms with E-state index in [1.807, 2.05) is 0 Å². The van der Waals surface area contributed by atoms with Gasteiger partial charge in [0.1, 0.15) is 34.0 Å². The highest BCUT2D eigenvalue weighted by Gasteiger charge is 2.26. The van der Waals surface area contributed by atoms with Gasteiger partial charge in [-0.15, -0.1) is 0 Å². The average molecular weight is 471 g/mol. The third kappa shape index (κ3) is 3.98. The second kappa shape index (κ2) is 8.86. The number of benzene rings is 2. The molecule has 0 saturated heterocycles. The minimum atomic E-state index is -0.625. The van der Waals surface area contributed by atoms with Gasteiger partial charge in [0.25, 0.3) is 11.8 Å². The van der Waals surface area contributed by atoms with Gasteiger partial charge in [-0.25, -0.2) is 0 Å². The molecule has 10 heteroatoms. The Balaban J connectivity index is 1.58. The summed E-state index contributed by atoms with van der Waals surface area (Å²) in [4.78, 5) is 25.7. The lowest BCUT2D eigenvalue weighted by Gasteiger charge is -2.09. The summed E-state index contributed by atoms with van der Waals surface area (Å²) in [6, 6.07) is 13.8. The van der Waals surface area contributed by atoms with Gasteiger partial charge in [0.15, 0.2) is 0 Å². The SMILES string of the molecule is Cc1onc(-c2ccccc2Cl)c1C(=O)NNC(=O)c1c(-c2ccccc2Cl)noc1C. The van der Waals surface area contributed by atoms with E-state index in [1.165, 1.54) is 0 Å². The summed E-state index contributed by atoms with van der Waals surface area (Å²) in [5.41, 5.74) is 6.63. The molecule has 2 amide bonds. The Hall–Kier alpha value is -3.62. The topological polar surface area (TPSA) is 110 Å². The van der Waals surface area contributed by atoms with E-state index >= 15 is 0 Å². The second-order valence-electron chi connectivity index (χ2n) is 6.79. The first-order valence-corrected chi connectivity index (χ1v) is 10.2. The first-order valence-electron chi connectivity index (χ1n) is 9.41. The number of halogens is 2. The standard InChI is InChI=1S/C22H16Cl2N4O4/c1-11-17(19(27-31-11)13-7-3-5-9-15(13)23)21(29)25-26-22(30)18-12(2)32-28-20(18)14-8-4-6-10-16(14)24/h3-10H,1-2H3,(H,25,29)(H,26,30). The third-order valence-electron chi connectivity index (χ3n) is 4.73. The van der Waals surface area contributed by atoms with E-state index in [-0.39, 0.29) is 34.0 Å². The van der Waals surface area contributed by atoms with E-state index in [9.17, 15) is 9.59 Å². The fourth-order valence-electron chi connectivity index (χ4n) is 3.19. The second-order valence-corrected chi connectivity index (χ2v) is 7.61. The highest BCUT2D eigenvalue weighted by Crippen LogP contribution is 2.32. The summed E-state index contributed by atoms with van der Waals surface area (Å²) < 4.78 is 10.4. The van der Waals surface area contributed by atoms with Crippen LogP contribution in [0.5, 0.6) is 0 Å². The largest absolute Gasteiger partial charge is 0.360 e. The van der Waals surface area contributed by atoms with E-state index in [4.69, 9.17) is 32.2 Å². The summed E-state index contributed by atoms with van der Waals surface area (Å²) in [6.07, 6.45) is 0. The zero-order chi connectivity index (χ0) is 22.8. The van der Waals surface area contributed by atoms with Crippen LogP contribution in [0.1, 0.15) is 32.2 Å². The fraction of sp³-hybridized carbons (Fsp3) is 0.0909. The molecule has 2 aromatic carbocycles. The fourth-order valence-corrected chi connectivity index (χ4v) is 3.64. The van der Waals surface area contributed by atoms with E-state index in [0.29, 0.717) is 21.2 Å². The number of nitrogens with one attached hydrogen (secondary N) is 2. The molecule has 0 fully saturated rings. The van der Waals surface area contributed by atoms with Crippen LogP contribution in [0.2, 0.25) is 10.0 Å². The maximum Gasteiger partial charge on any atom is 0.275 e. The zero-order valence-corrected chi connectivity index (χ0v) is 18.4. The van der Waals surface area contributed by atoms with Crippen molar-refractivity contribution in [2.24, 2.45) is 0 Å². The number of carbonyl (C=O) groups excluding carboxylic acids is 2. The number of hydrogen-bond acceptors (Lipinski definition) is 6. The molecule has 0 radical (unpaired) electrons. The highest BCUT2D eigenvalue weighted by molar-refractivity contribution is 6.34. The minimum absolute atomic E-state index is 0.145. The molecule has 0 aliphatic rings. The van der Waals surface area contributed by atoms with Crippen molar-refractivity contribution < 1.29 is 18.6 Å². The smallest absolute Gasteiger partial charge is 0.275 e. The number of carbonyl (C=O) groups is 2. The predicted octanol–water partition coefficient (Wildman–Crippen LogP) is 5.00. The van der Waals surface area contributed by atoms with Crippen molar-refractivity contribution in [3.05, 3.63) is 81.2 Å². The van der Waals surface area contributed by atoms with Gasteiger partial charge in [0.05, 0.1) is 10.0 Å². The number of hydrazine groups is 1. The van der Waals surface area contributed by atoms with Crippen LogP contribution in [-0.2, 0) is 0 Å². The van der Waals surface area contributed by atoms with Crippen molar-refractivity contribution in [3.8, 4) is 22.5 Å². The first-order chi connectivity index (χ1) is 15.4. The quantitative estimate of drug-likeness (QED) is 0.406. The number of rotatable bonds is 4. The molecule has 2 heterocycles. The minimum Gasteiger partial charge on any atom is -0.360 e. The molecule has 0 aliphatic heterocycles. The van der Waals surface area contributed by atoms with Gasteiger partial charge in [-0.3, -0.25) is 20.4 Å². The Kier molecular flexibility index (Phi) is 5.98. The maximum absolute atomic E-state index is 12.9. The molecular formula is C22H16Cl2N4O4. The molecule has 162 valence electrons. The number of aryl methyl sites for hydroxylation is 2. The van der Waals surface area contributed by atoms with Gasteiger partial charge < -0.3 is 9.05 Å². The van der Waals surface area contributed by atoms with Crippen LogP contribution in [0.25, 0.3) is 22.5 Å². The molecule has 0 aliphatic carbocycles. The van der Waals surface area contributed by atoms with Gasteiger partial charge in [-0.05, 0) is 26.0 Å².